The van der Waals surface area contributed by atoms with Crippen LogP contribution in [0.1, 0.15) is 233 Å². The summed E-state index contributed by atoms with van der Waals surface area (Å²) < 4.78 is 5.48. The summed E-state index contributed by atoms with van der Waals surface area (Å²) in [6.45, 7) is 13.6. The van der Waals surface area contributed by atoms with Crippen molar-refractivity contribution in [1.29, 1.82) is 0 Å². The summed E-state index contributed by atoms with van der Waals surface area (Å²) in [5.74, 6) is 0.850. The van der Waals surface area contributed by atoms with Crippen LogP contribution in [0.3, 0.4) is 0 Å². The SMILES string of the molecule is CCCCCCCCCCCOC(=O)CCCCCN1CCC(N(CCO)CCCCCC(=O)NCC(CCCCCCCC)CCCCCCCC)CC1. The maximum Gasteiger partial charge on any atom is 0.305 e. The van der Waals surface area contributed by atoms with Crippen molar-refractivity contribution < 1.29 is 19.4 Å². The molecule has 0 saturated carbocycles. The third kappa shape index (κ3) is 32.5. The smallest absolute Gasteiger partial charge is 0.305 e. The fraction of sp³-hybridized carbons (Fsp3) is 0.958. The van der Waals surface area contributed by atoms with Crippen LogP contribution in [-0.2, 0) is 14.3 Å². The molecule has 0 unspecified atom stereocenters. The largest absolute Gasteiger partial charge is 0.466 e. The number of aliphatic hydroxyl groups is 1. The highest BCUT2D eigenvalue weighted by Crippen LogP contribution is 2.21. The molecule has 0 spiro atoms. The normalized spacial score (nSPS) is 14.0. The van der Waals surface area contributed by atoms with E-state index in [9.17, 15) is 14.7 Å². The van der Waals surface area contributed by atoms with Crippen molar-refractivity contribution in [3.05, 3.63) is 0 Å². The van der Waals surface area contributed by atoms with Gasteiger partial charge in [0.25, 0.3) is 0 Å². The quantitative estimate of drug-likeness (QED) is 0.0475. The van der Waals surface area contributed by atoms with Gasteiger partial charge in [-0.15, -0.1) is 0 Å². The van der Waals surface area contributed by atoms with E-state index in [1.807, 2.05) is 0 Å². The number of amides is 1. The lowest BCUT2D eigenvalue weighted by Crippen LogP contribution is -2.46. The maximum absolute atomic E-state index is 12.8. The minimum Gasteiger partial charge on any atom is -0.466 e. The molecule has 7 nitrogen and oxygen atoms in total. The second kappa shape index (κ2) is 39.6. The average molecular weight is 778 g/mol. The second-order valence-corrected chi connectivity index (χ2v) is 17.3. The Morgan fingerprint density at radius 3 is 1.67 bits per heavy atom. The van der Waals surface area contributed by atoms with E-state index < -0.39 is 0 Å². The summed E-state index contributed by atoms with van der Waals surface area (Å²) in [5, 5.41) is 13.1. The van der Waals surface area contributed by atoms with E-state index >= 15 is 0 Å². The van der Waals surface area contributed by atoms with Crippen LogP contribution < -0.4 is 5.32 Å². The Morgan fingerprint density at radius 2 is 1.11 bits per heavy atom. The molecule has 1 rings (SSSR count). The Bertz CT molecular complexity index is 818. The van der Waals surface area contributed by atoms with Crippen LogP contribution in [0.4, 0.5) is 0 Å². The van der Waals surface area contributed by atoms with Gasteiger partial charge in [0, 0.05) is 32.0 Å². The van der Waals surface area contributed by atoms with Gasteiger partial charge in [0.2, 0.25) is 5.91 Å². The van der Waals surface area contributed by atoms with Crippen molar-refractivity contribution >= 4 is 11.9 Å². The van der Waals surface area contributed by atoms with E-state index in [1.165, 1.54) is 141 Å². The predicted molar refractivity (Wildman–Crippen MR) is 236 cm³/mol. The second-order valence-electron chi connectivity index (χ2n) is 17.3. The summed E-state index contributed by atoms with van der Waals surface area (Å²) in [4.78, 5) is 30.0. The van der Waals surface area contributed by atoms with E-state index in [4.69, 9.17) is 4.74 Å². The Hall–Kier alpha value is -1.18. The molecule has 0 aromatic carbocycles. The molecule has 0 aromatic heterocycles. The van der Waals surface area contributed by atoms with Gasteiger partial charge in [-0.3, -0.25) is 14.5 Å². The van der Waals surface area contributed by atoms with Gasteiger partial charge in [0.15, 0.2) is 0 Å². The Kier molecular flexibility index (Phi) is 37.4. The van der Waals surface area contributed by atoms with E-state index in [1.54, 1.807) is 0 Å². The highest BCUT2D eigenvalue weighted by atomic mass is 16.5. The first kappa shape index (κ1) is 51.8. The molecule has 1 aliphatic heterocycles. The fourth-order valence-corrected chi connectivity index (χ4v) is 8.46. The molecule has 1 aliphatic rings. The molecule has 1 heterocycles. The number of carbonyl (C=O) groups is 2. The average Bonchev–Trinajstić information content (AvgIpc) is 3.19. The molecule has 326 valence electrons. The topological polar surface area (TPSA) is 82.1 Å². The molecule has 0 atom stereocenters. The number of hydrogen-bond donors (Lipinski definition) is 2. The number of esters is 1. The maximum atomic E-state index is 12.8. The summed E-state index contributed by atoms with van der Waals surface area (Å²) in [5.41, 5.74) is 0. The summed E-state index contributed by atoms with van der Waals surface area (Å²) in [7, 11) is 0. The van der Waals surface area contributed by atoms with Gasteiger partial charge >= 0.3 is 5.97 Å². The van der Waals surface area contributed by atoms with Gasteiger partial charge in [-0.25, -0.2) is 0 Å². The minimum atomic E-state index is -0.0195. The summed E-state index contributed by atoms with van der Waals surface area (Å²) >= 11 is 0. The van der Waals surface area contributed by atoms with Crippen LogP contribution in [0.15, 0.2) is 0 Å². The van der Waals surface area contributed by atoms with Crippen LogP contribution in [-0.4, -0.2) is 85.3 Å². The number of ether oxygens (including phenoxy) is 1. The van der Waals surface area contributed by atoms with Crippen LogP contribution in [0.25, 0.3) is 0 Å². The van der Waals surface area contributed by atoms with Crippen molar-refractivity contribution in [3.63, 3.8) is 0 Å². The molecular weight excluding hydrogens is 683 g/mol. The molecule has 0 radical (unpaired) electrons. The highest BCUT2D eigenvalue weighted by Gasteiger charge is 2.24. The van der Waals surface area contributed by atoms with Gasteiger partial charge < -0.3 is 20.1 Å². The number of likely N-dealkylation sites (tertiary alicyclic amines) is 1. The minimum absolute atomic E-state index is 0.0195. The fourth-order valence-electron chi connectivity index (χ4n) is 8.46. The first-order valence-electron chi connectivity index (χ1n) is 24.5. The summed E-state index contributed by atoms with van der Waals surface area (Å²) in [6, 6.07) is 0.544. The zero-order valence-corrected chi connectivity index (χ0v) is 37.2. The number of nitrogens with one attached hydrogen (secondary N) is 1. The Morgan fingerprint density at radius 1 is 0.618 bits per heavy atom. The number of rotatable bonds is 41. The van der Waals surface area contributed by atoms with Gasteiger partial charge in [0.1, 0.15) is 0 Å². The molecule has 1 saturated heterocycles. The van der Waals surface area contributed by atoms with Crippen molar-refractivity contribution in [3.8, 4) is 0 Å². The first-order valence-corrected chi connectivity index (χ1v) is 24.5. The molecule has 55 heavy (non-hydrogen) atoms. The van der Waals surface area contributed by atoms with E-state index in [-0.39, 0.29) is 18.5 Å². The van der Waals surface area contributed by atoms with E-state index in [0.29, 0.717) is 31.4 Å². The zero-order valence-electron chi connectivity index (χ0n) is 37.2. The van der Waals surface area contributed by atoms with Gasteiger partial charge in [-0.2, -0.15) is 0 Å². The van der Waals surface area contributed by atoms with Crippen molar-refractivity contribution in [2.75, 3.05) is 52.5 Å². The lowest BCUT2D eigenvalue weighted by molar-refractivity contribution is -0.143. The number of carbonyl (C=O) groups excluding carboxylic acids is 2. The Balaban J connectivity index is 2.15. The standard InChI is InChI=1S/C48H95N3O4/c1-4-7-10-13-16-17-18-21-30-43-55-48(54)34-27-23-28-37-50-39-35-46(36-40-50)51(41-42-52)38-29-22-26-33-47(53)49-44-45(31-24-19-14-11-8-5-2)32-25-20-15-12-9-6-3/h45-46,52H,4-44H2,1-3H3,(H,49,53). The number of hydrogen-bond acceptors (Lipinski definition) is 6. The summed E-state index contributed by atoms with van der Waals surface area (Å²) in [6.07, 6.45) is 39.9. The van der Waals surface area contributed by atoms with Crippen LogP contribution >= 0.6 is 0 Å². The number of nitrogens with zero attached hydrogens (tertiary/aromatic N) is 2. The van der Waals surface area contributed by atoms with Crippen molar-refractivity contribution in [1.82, 2.24) is 15.1 Å². The van der Waals surface area contributed by atoms with E-state index in [2.05, 4.69) is 35.9 Å². The number of aliphatic hydroxyl groups excluding tert-OH is 1. The van der Waals surface area contributed by atoms with Gasteiger partial charge in [-0.05, 0) is 89.9 Å². The predicted octanol–water partition coefficient (Wildman–Crippen LogP) is 12.2. The van der Waals surface area contributed by atoms with Crippen molar-refractivity contribution in [2.45, 2.75) is 239 Å². The molecule has 2 N–H and O–H groups in total. The molecule has 0 aromatic rings. The number of piperidine rings is 1. The molecule has 0 aliphatic carbocycles. The highest BCUT2D eigenvalue weighted by molar-refractivity contribution is 5.75. The zero-order chi connectivity index (χ0) is 39.9. The van der Waals surface area contributed by atoms with E-state index in [0.717, 1.165) is 97.1 Å². The van der Waals surface area contributed by atoms with Crippen LogP contribution in [0, 0.1) is 5.92 Å². The number of unbranched alkanes of at least 4 members (excludes halogenated alkanes) is 22. The molecule has 1 amide bonds. The molecule has 0 bridgehead atoms. The molecular formula is C48H95N3O4. The first-order chi connectivity index (χ1) is 27.0. The monoisotopic (exact) mass is 778 g/mol. The van der Waals surface area contributed by atoms with Gasteiger partial charge in [-0.1, -0.05) is 162 Å². The lowest BCUT2D eigenvalue weighted by atomic mass is 9.94. The third-order valence-corrected chi connectivity index (χ3v) is 12.2. The Labute approximate surface area is 342 Å². The van der Waals surface area contributed by atoms with Gasteiger partial charge in [0.05, 0.1) is 13.2 Å². The van der Waals surface area contributed by atoms with Crippen LogP contribution in [0.2, 0.25) is 0 Å². The van der Waals surface area contributed by atoms with Crippen LogP contribution in [0.5, 0.6) is 0 Å². The van der Waals surface area contributed by atoms with Crippen molar-refractivity contribution in [2.24, 2.45) is 5.92 Å². The lowest BCUT2D eigenvalue weighted by Gasteiger charge is -2.38. The third-order valence-electron chi connectivity index (χ3n) is 12.2. The molecule has 7 heteroatoms. The molecule has 1 fully saturated rings.